The lowest BCUT2D eigenvalue weighted by Gasteiger charge is -2.34. The molecule has 4 aromatic rings. The largest absolute Gasteiger partial charge is 0.507 e. The number of nitrogen functional groups attached to an aromatic ring is 1. The molecule has 0 aliphatic carbocycles. The number of nitrogens with two attached hydrogens (primary N) is 1. The van der Waals surface area contributed by atoms with Crippen LogP contribution in [0.5, 0.6) is 5.75 Å². The third kappa shape index (κ3) is 6.46. The van der Waals surface area contributed by atoms with Crippen LogP contribution in [0.3, 0.4) is 0 Å². The van der Waals surface area contributed by atoms with Crippen LogP contribution in [0.1, 0.15) is 17.5 Å². The summed E-state index contributed by atoms with van der Waals surface area (Å²) in [4.78, 5) is 21.9. The summed E-state index contributed by atoms with van der Waals surface area (Å²) in [6.45, 7) is 5.50. The third-order valence-electron chi connectivity index (χ3n) is 7.17. The summed E-state index contributed by atoms with van der Waals surface area (Å²) >= 11 is 0. The minimum Gasteiger partial charge on any atom is -0.507 e. The quantitative estimate of drug-likeness (QED) is 0.300. The molecule has 1 aromatic heterocycles. The van der Waals surface area contributed by atoms with E-state index in [0.29, 0.717) is 35.5 Å². The predicted octanol–water partition coefficient (Wildman–Crippen LogP) is 4.72. The van der Waals surface area contributed by atoms with Crippen molar-refractivity contribution in [1.82, 2.24) is 14.8 Å². The van der Waals surface area contributed by atoms with Crippen LogP contribution in [0, 0.1) is 11.3 Å². The van der Waals surface area contributed by atoms with Crippen molar-refractivity contribution in [2.45, 2.75) is 13.0 Å². The van der Waals surface area contributed by atoms with E-state index < -0.39 is 0 Å². The molecule has 4 N–H and O–H groups in total. The Kier molecular flexibility index (Phi) is 8.35. The molecule has 0 bridgehead atoms. The molecule has 0 atom stereocenters. The van der Waals surface area contributed by atoms with E-state index in [2.05, 4.69) is 50.4 Å². The summed E-state index contributed by atoms with van der Waals surface area (Å²) < 4.78 is 0. The number of anilines is 2. The molecule has 1 aliphatic heterocycles. The number of carbonyl (C=O) groups excluding carboxylic acids is 1. The fourth-order valence-corrected chi connectivity index (χ4v) is 5.00. The number of carbonyl (C=O) groups is 1. The highest BCUT2D eigenvalue weighted by Gasteiger charge is 2.18. The molecule has 8 heteroatoms. The van der Waals surface area contributed by atoms with Crippen LogP contribution in [0.25, 0.3) is 22.4 Å². The Morgan fingerprint density at radius 1 is 0.925 bits per heavy atom. The maximum atomic E-state index is 12.8. The number of phenols is 1. The van der Waals surface area contributed by atoms with E-state index in [-0.39, 0.29) is 23.0 Å². The fourth-order valence-electron chi connectivity index (χ4n) is 5.00. The first kappa shape index (κ1) is 26.9. The Balaban J connectivity index is 1.21. The maximum absolute atomic E-state index is 12.8. The van der Waals surface area contributed by atoms with Crippen LogP contribution in [0.15, 0.2) is 84.9 Å². The van der Waals surface area contributed by atoms with E-state index in [9.17, 15) is 15.2 Å². The van der Waals surface area contributed by atoms with Crippen LogP contribution in [0.4, 0.5) is 11.5 Å². The van der Waals surface area contributed by atoms with Gasteiger partial charge in [0.15, 0.2) is 0 Å². The number of piperazine rings is 1. The molecule has 1 fully saturated rings. The standard InChI is InChI=1S/C32H32N6O2/c33-21-28-27(20-29(36-32(28)34)26-11-4-5-12-30(26)39)24-9-6-10-25(19-24)35-31(40)13-14-37-15-17-38(18-16-37)22-23-7-2-1-3-8-23/h1-12,19-20,39H,13-18,22H2,(H2,34,36)(H,35,40). The number of hydrogen-bond acceptors (Lipinski definition) is 7. The zero-order valence-corrected chi connectivity index (χ0v) is 22.3. The highest BCUT2D eigenvalue weighted by atomic mass is 16.3. The van der Waals surface area contributed by atoms with E-state index in [1.807, 2.05) is 30.3 Å². The van der Waals surface area contributed by atoms with Crippen LogP contribution in [-0.2, 0) is 11.3 Å². The van der Waals surface area contributed by atoms with Crippen molar-refractivity contribution in [3.8, 4) is 34.2 Å². The summed E-state index contributed by atoms with van der Waals surface area (Å²) in [6.07, 6.45) is 0.395. The molecular formula is C32H32N6O2. The van der Waals surface area contributed by atoms with Gasteiger partial charge in [-0.2, -0.15) is 5.26 Å². The number of pyridine rings is 1. The van der Waals surface area contributed by atoms with Crippen LogP contribution < -0.4 is 11.1 Å². The maximum Gasteiger partial charge on any atom is 0.225 e. The Labute approximate surface area is 234 Å². The molecule has 40 heavy (non-hydrogen) atoms. The second-order valence-electron chi connectivity index (χ2n) is 9.93. The number of benzene rings is 3. The highest BCUT2D eigenvalue weighted by Crippen LogP contribution is 2.35. The zero-order valence-electron chi connectivity index (χ0n) is 22.3. The first-order valence-corrected chi connectivity index (χ1v) is 13.4. The van der Waals surface area contributed by atoms with Gasteiger partial charge >= 0.3 is 0 Å². The zero-order chi connectivity index (χ0) is 27.9. The Morgan fingerprint density at radius 2 is 1.65 bits per heavy atom. The molecule has 0 unspecified atom stereocenters. The van der Waals surface area contributed by atoms with Gasteiger partial charge in [0.05, 0.1) is 5.69 Å². The van der Waals surface area contributed by atoms with Crippen molar-refractivity contribution in [1.29, 1.82) is 5.26 Å². The monoisotopic (exact) mass is 532 g/mol. The van der Waals surface area contributed by atoms with E-state index >= 15 is 0 Å². The van der Waals surface area contributed by atoms with Gasteiger partial charge in [-0.05, 0) is 41.5 Å². The molecule has 202 valence electrons. The summed E-state index contributed by atoms with van der Waals surface area (Å²) in [5.41, 5.74) is 10.6. The molecule has 8 nitrogen and oxygen atoms in total. The fraction of sp³-hybridized carbons (Fsp3) is 0.219. The van der Waals surface area contributed by atoms with Gasteiger partial charge in [0.2, 0.25) is 5.91 Å². The number of amides is 1. The van der Waals surface area contributed by atoms with Gasteiger partial charge < -0.3 is 21.1 Å². The van der Waals surface area contributed by atoms with E-state index in [1.54, 1.807) is 30.3 Å². The first-order chi connectivity index (χ1) is 19.5. The Hall–Kier alpha value is -4.71. The van der Waals surface area contributed by atoms with Gasteiger partial charge in [0.1, 0.15) is 23.2 Å². The SMILES string of the molecule is N#Cc1c(-c2cccc(NC(=O)CCN3CCN(Cc4ccccc4)CC3)c2)cc(-c2ccccc2O)nc1N. The van der Waals surface area contributed by atoms with E-state index in [0.717, 1.165) is 38.3 Å². The molecule has 1 aliphatic rings. The van der Waals surface area contributed by atoms with E-state index in [4.69, 9.17) is 5.73 Å². The number of phenolic OH excluding ortho intramolecular Hbond substituents is 1. The van der Waals surface area contributed by atoms with Crippen LogP contribution >= 0.6 is 0 Å². The molecule has 2 heterocycles. The van der Waals surface area contributed by atoms with Crippen LogP contribution in [0.2, 0.25) is 0 Å². The van der Waals surface area contributed by atoms with Crippen molar-refractivity contribution in [2.24, 2.45) is 0 Å². The summed E-state index contributed by atoms with van der Waals surface area (Å²) in [6, 6.07) is 28.5. The minimum absolute atomic E-state index is 0.0616. The smallest absolute Gasteiger partial charge is 0.225 e. The van der Waals surface area contributed by atoms with Crippen molar-refractivity contribution in [3.05, 3.63) is 96.1 Å². The average molecular weight is 533 g/mol. The second kappa shape index (κ2) is 12.4. The van der Waals surface area contributed by atoms with Crippen molar-refractivity contribution < 1.29 is 9.90 Å². The normalized spacial score (nSPS) is 14.0. The Morgan fingerprint density at radius 3 is 2.40 bits per heavy atom. The van der Waals surface area contributed by atoms with Crippen LogP contribution in [-0.4, -0.2) is 58.5 Å². The molecule has 1 amide bonds. The average Bonchev–Trinajstić information content (AvgIpc) is 2.97. The lowest BCUT2D eigenvalue weighted by molar-refractivity contribution is -0.116. The second-order valence-corrected chi connectivity index (χ2v) is 9.93. The van der Waals surface area contributed by atoms with E-state index in [1.165, 1.54) is 5.56 Å². The van der Waals surface area contributed by atoms with Gasteiger partial charge in [-0.3, -0.25) is 9.69 Å². The minimum atomic E-state index is -0.0616. The highest BCUT2D eigenvalue weighted by molar-refractivity contribution is 5.92. The summed E-state index contributed by atoms with van der Waals surface area (Å²) in [7, 11) is 0. The number of aromatic nitrogens is 1. The lowest BCUT2D eigenvalue weighted by Crippen LogP contribution is -2.46. The molecule has 3 aromatic carbocycles. The number of rotatable bonds is 8. The number of nitrogens with one attached hydrogen (secondary N) is 1. The molecule has 0 radical (unpaired) electrons. The number of hydrogen-bond donors (Lipinski definition) is 3. The molecule has 5 rings (SSSR count). The lowest BCUT2D eigenvalue weighted by atomic mass is 9.97. The predicted molar refractivity (Wildman–Crippen MR) is 157 cm³/mol. The van der Waals surface area contributed by atoms with Gasteiger partial charge in [-0.1, -0.05) is 54.6 Å². The topological polar surface area (TPSA) is 119 Å². The Bertz CT molecular complexity index is 1520. The number of aromatic hydroxyl groups is 1. The van der Waals surface area contributed by atoms with Gasteiger partial charge in [-0.25, -0.2) is 4.98 Å². The number of para-hydroxylation sites is 1. The summed E-state index contributed by atoms with van der Waals surface area (Å²) in [5, 5.41) is 23.1. The summed E-state index contributed by atoms with van der Waals surface area (Å²) in [5.74, 6) is 0.0914. The molecule has 1 saturated heterocycles. The van der Waals surface area contributed by atoms with Crippen molar-refractivity contribution >= 4 is 17.4 Å². The first-order valence-electron chi connectivity index (χ1n) is 13.4. The molecular weight excluding hydrogens is 500 g/mol. The van der Waals surface area contributed by atoms with Gasteiger partial charge in [0, 0.05) is 62.5 Å². The van der Waals surface area contributed by atoms with Crippen molar-refractivity contribution in [3.63, 3.8) is 0 Å². The number of nitriles is 1. The van der Waals surface area contributed by atoms with Gasteiger partial charge in [-0.15, -0.1) is 0 Å². The van der Waals surface area contributed by atoms with Crippen molar-refractivity contribution in [2.75, 3.05) is 43.8 Å². The molecule has 0 spiro atoms. The van der Waals surface area contributed by atoms with Gasteiger partial charge in [0.25, 0.3) is 0 Å². The number of nitrogens with zero attached hydrogens (tertiary/aromatic N) is 4. The third-order valence-corrected chi connectivity index (χ3v) is 7.17. The molecule has 0 saturated carbocycles.